The van der Waals surface area contributed by atoms with E-state index in [-0.39, 0.29) is 6.29 Å². The van der Waals surface area contributed by atoms with Crippen molar-refractivity contribution in [2.45, 2.75) is 6.43 Å². The average Bonchev–Trinajstić information content (AvgIpc) is 2.03. The van der Waals surface area contributed by atoms with Crippen LogP contribution in [0.5, 0.6) is 0 Å². The number of alkyl halides is 2. The van der Waals surface area contributed by atoms with E-state index in [9.17, 15) is 18.0 Å². The molecule has 2 nitrogen and oxygen atoms in total. The number of rotatable bonds is 2. The first-order valence-electron chi connectivity index (χ1n) is 3.04. The summed E-state index contributed by atoms with van der Waals surface area (Å²) in [5.74, 6) is -1.16. The summed E-state index contributed by atoms with van der Waals surface area (Å²) < 4.78 is 36.6. The van der Waals surface area contributed by atoms with Crippen LogP contribution in [0.3, 0.4) is 0 Å². The molecule has 0 atom stereocenters. The lowest BCUT2D eigenvalue weighted by molar-refractivity contribution is 0.110. The van der Waals surface area contributed by atoms with Gasteiger partial charge in [0.05, 0.1) is 5.56 Å². The summed E-state index contributed by atoms with van der Waals surface area (Å²) in [6.45, 7) is 0. The highest BCUT2D eigenvalue weighted by atomic mass is 19.3. The van der Waals surface area contributed by atoms with Gasteiger partial charge in [-0.25, -0.2) is 13.8 Å². The predicted molar refractivity (Wildman–Crippen MR) is 34.5 cm³/mol. The van der Waals surface area contributed by atoms with Gasteiger partial charge < -0.3 is 0 Å². The summed E-state index contributed by atoms with van der Waals surface area (Å²) in [5.41, 5.74) is -1.30. The summed E-state index contributed by atoms with van der Waals surface area (Å²) in [6.07, 6.45) is -1.93. The van der Waals surface area contributed by atoms with Crippen LogP contribution in [0.15, 0.2) is 12.3 Å². The molecule has 5 heteroatoms. The Labute approximate surface area is 66.0 Å². The van der Waals surface area contributed by atoms with Gasteiger partial charge in [-0.2, -0.15) is 4.39 Å². The number of carbonyl (C=O) groups is 1. The number of nitrogens with zero attached hydrogens (tertiary/aromatic N) is 1. The van der Waals surface area contributed by atoms with Crippen molar-refractivity contribution in [3.63, 3.8) is 0 Å². The number of halogens is 3. The van der Waals surface area contributed by atoms with Crippen molar-refractivity contribution in [3.05, 3.63) is 29.3 Å². The number of pyridine rings is 1. The zero-order valence-corrected chi connectivity index (χ0v) is 5.80. The summed E-state index contributed by atoms with van der Waals surface area (Å²) in [4.78, 5) is 13.2. The van der Waals surface area contributed by atoms with Crippen LogP contribution >= 0.6 is 0 Å². The summed E-state index contributed by atoms with van der Waals surface area (Å²) in [6, 6.07) is 0.914. The number of carbonyl (C=O) groups excluding carboxylic acids is 1. The lowest BCUT2D eigenvalue weighted by Crippen LogP contribution is -1.99. The van der Waals surface area contributed by atoms with Crippen LogP contribution in [0.25, 0.3) is 0 Å². The van der Waals surface area contributed by atoms with Crippen LogP contribution in [-0.4, -0.2) is 11.3 Å². The Bertz CT molecular complexity index is 301. The van der Waals surface area contributed by atoms with Gasteiger partial charge >= 0.3 is 0 Å². The maximum Gasteiger partial charge on any atom is 0.264 e. The van der Waals surface area contributed by atoms with Gasteiger partial charge in [0.1, 0.15) is 0 Å². The van der Waals surface area contributed by atoms with Crippen molar-refractivity contribution < 1.29 is 18.0 Å². The van der Waals surface area contributed by atoms with Crippen molar-refractivity contribution in [2.75, 3.05) is 0 Å². The maximum absolute atomic E-state index is 12.5. The Morgan fingerprint density at radius 3 is 2.58 bits per heavy atom. The van der Waals surface area contributed by atoms with Crippen molar-refractivity contribution in [3.8, 4) is 0 Å². The predicted octanol–water partition coefficient (Wildman–Crippen LogP) is 1.97. The third-order valence-corrected chi connectivity index (χ3v) is 1.33. The van der Waals surface area contributed by atoms with E-state index in [2.05, 4.69) is 4.98 Å². The molecule has 0 aliphatic carbocycles. The highest BCUT2D eigenvalue weighted by Crippen LogP contribution is 2.21. The maximum atomic E-state index is 12.5. The summed E-state index contributed by atoms with van der Waals surface area (Å²) in [7, 11) is 0. The minimum absolute atomic E-state index is 0.0316. The highest BCUT2D eigenvalue weighted by Gasteiger charge is 2.16. The molecule has 0 aromatic carbocycles. The standard InChI is InChI=1S/C7H4F3NO/c8-6(9)4-1-2-11-7(10)5(4)3-12/h1-3,6H. The quantitative estimate of drug-likeness (QED) is 0.508. The smallest absolute Gasteiger partial charge is 0.264 e. The third kappa shape index (κ3) is 1.44. The zero-order valence-electron chi connectivity index (χ0n) is 5.80. The van der Waals surface area contributed by atoms with Gasteiger partial charge in [-0.3, -0.25) is 4.79 Å². The monoisotopic (exact) mass is 175 g/mol. The van der Waals surface area contributed by atoms with Gasteiger partial charge in [-0.05, 0) is 6.07 Å². The van der Waals surface area contributed by atoms with Crippen LogP contribution in [-0.2, 0) is 0 Å². The molecule has 0 radical (unpaired) electrons. The Balaban J connectivity index is 3.27. The Kier molecular flexibility index (Phi) is 2.42. The van der Waals surface area contributed by atoms with Gasteiger partial charge in [0.2, 0.25) is 5.95 Å². The van der Waals surface area contributed by atoms with E-state index in [0.717, 1.165) is 12.3 Å². The van der Waals surface area contributed by atoms with Crippen LogP contribution in [0.2, 0.25) is 0 Å². The second kappa shape index (κ2) is 3.34. The Morgan fingerprint density at radius 2 is 2.17 bits per heavy atom. The molecule has 0 aliphatic rings. The minimum atomic E-state index is -2.86. The molecule has 0 fully saturated rings. The summed E-state index contributed by atoms with van der Waals surface area (Å²) >= 11 is 0. The molecule has 1 rings (SSSR count). The highest BCUT2D eigenvalue weighted by molar-refractivity contribution is 5.77. The van der Waals surface area contributed by atoms with Crippen molar-refractivity contribution >= 4 is 6.29 Å². The molecule has 64 valence electrons. The van der Waals surface area contributed by atoms with E-state index in [4.69, 9.17) is 0 Å². The first-order chi connectivity index (χ1) is 5.66. The lowest BCUT2D eigenvalue weighted by Gasteiger charge is -2.01. The molecular weight excluding hydrogens is 171 g/mol. The van der Waals surface area contributed by atoms with Crippen LogP contribution in [0.1, 0.15) is 22.3 Å². The van der Waals surface area contributed by atoms with Gasteiger partial charge in [0.25, 0.3) is 6.43 Å². The van der Waals surface area contributed by atoms with E-state index in [0.29, 0.717) is 0 Å². The average molecular weight is 175 g/mol. The van der Waals surface area contributed by atoms with Crippen LogP contribution < -0.4 is 0 Å². The van der Waals surface area contributed by atoms with Crippen molar-refractivity contribution in [1.29, 1.82) is 0 Å². The van der Waals surface area contributed by atoms with Crippen molar-refractivity contribution in [2.24, 2.45) is 0 Å². The van der Waals surface area contributed by atoms with E-state index < -0.39 is 23.5 Å². The number of aromatic nitrogens is 1. The normalized spacial score (nSPS) is 10.3. The fraction of sp³-hybridized carbons (Fsp3) is 0.143. The number of hydrogen-bond acceptors (Lipinski definition) is 2. The minimum Gasteiger partial charge on any atom is -0.298 e. The Hall–Kier alpha value is -1.39. The van der Waals surface area contributed by atoms with Gasteiger partial charge in [0, 0.05) is 11.8 Å². The second-order valence-corrected chi connectivity index (χ2v) is 2.02. The molecule has 0 saturated carbocycles. The van der Waals surface area contributed by atoms with E-state index >= 15 is 0 Å². The van der Waals surface area contributed by atoms with Gasteiger partial charge in [0.15, 0.2) is 6.29 Å². The molecule has 0 spiro atoms. The molecule has 0 amide bonds. The van der Waals surface area contributed by atoms with Gasteiger partial charge in [-0.1, -0.05) is 0 Å². The molecule has 0 unspecified atom stereocenters. The molecular formula is C7H4F3NO. The molecule has 1 aromatic rings. The summed E-state index contributed by atoms with van der Waals surface area (Å²) in [5, 5.41) is 0. The third-order valence-electron chi connectivity index (χ3n) is 1.33. The SMILES string of the molecule is O=Cc1c(C(F)F)ccnc1F. The largest absolute Gasteiger partial charge is 0.298 e. The Morgan fingerprint density at radius 1 is 1.50 bits per heavy atom. The fourth-order valence-electron chi connectivity index (χ4n) is 0.768. The molecule has 0 saturated heterocycles. The molecule has 1 heterocycles. The van der Waals surface area contributed by atoms with E-state index in [1.807, 2.05) is 0 Å². The lowest BCUT2D eigenvalue weighted by atomic mass is 10.1. The van der Waals surface area contributed by atoms with Crippen LogP contribution in [0, 0.1) is 5.95 Å². The number of hydrogen-bond donors (Lipinski definition) is 0. The zero-order chi connectivity index (χ0) is 9.14. The van der Waals surface area contributed by atoms with E-state index in [1.165, 1.54) is 0 Å². The molecule has 1 aromatic heterocycles. The van der Waals surface area contributed by atoms with Gasteiger partial charge in [-0.15, -0.1) is 0 Å². The van der Waals surface area contributed by atoms with Crippen LogP contribution in [0.4, 0.5) is 13.2 Å². The molecule has 0 N–H and O–H groups in total. The topological polar surface area (TPSA) is 30.0 Å². The van der Waals surface area contributed by atoms with E-state index in [1.54, 1.807) is 0 Å². The first-order valence-corrected chi connectivity index (χ1v) is 3.04. The molecule has 0 bridgehead atoms. The fourth-order valence-corrected chi connectivity index (χ4v) is 0.768. The van der Waals surface area contributed by atoms with Crippen molar-refractivity contribution in [1.82, 2.24) is 4.98 Å². The first kappa shape index (κ1) is 8.70. The number of aldehydes is 1. The molecule has 0 aliphatic heterocycles. The molecule has 12 heavy (non-hydrogen) atoms. The second-order valence-electron chi connectivity index (χ2n) is 2.02.